The number of rotatable bonds is 5. The molecule has 3 rings (SSSR count). The summed E-state index contributed by atoms with van der Waals surface area (Å²) in [6, 6.07) is 10.6. The van der Waals surface area contributed by atoms with Crippen molar-refractivity contribution in [3.05, 3.63) is 59.9 Å². The number of nitrogens with zero attached hydrogens (tertiary/aromatic N) is 2. The summed E-state index contributed by atoms with van der Waals surface area (Å²) in [5.74, 6) is -0.171. The quantitative estimate of drug-likeness (QED) is 0.836. The van der Waals surface area contributed by atoms with Crippen LogP contribution in [0.3, 0.4) is 0 Å². The largest absolute Gasteiger partial charge is 0.378 e. The average molecular weight is 354 g/mol. The molecule has 136 valence electrons. The van der Waals surface area contributed by atoms with E-state index in [0.717, 1.165) is 11.3 Å². The van der Waals surface area contributed by atoms with E-state index in [1.165, 1.54) is 0 Å². The molecule has 2 amide bonds. The van der Waals surface area contributed by atoms with Crippen molar-refractivity contribution in [2.24, 2.45) is 0 Å². The predicted octanol–water partition coefficient (Wildman–Crippen LogP) is 0.963. The third kappa shape index (κ3) is 4.44. The van der Waals surface area contributed by atoms with E-state index in [1.807, 2.05) is 24.3 Å². The van der Waals surface area contributed by atoms with Crippen molar-refractivity contribution in [3.8, 4) is 0 Å². The molecule has 7 heteroatoms. The fourth-order valence-electron chi connectivity index (χ4n) is 2.69. The van der Waals surface area contributed by atoms with Crippen LogP contribution in [0, 0.1) is 0 Å². The van der Waals surface area contributed by atoms with Gasteiger partial charge in [-0.1, -0.05) is 12.1 Å². The number of pyridine rings is 1. The van der Waals surface area contributed by atoms with Gasteiger partial charge in [-0.15, -0.1) is 0 Å². The van der Waals surface area contributed by atoms with E-state index in [2.05, 4.69) is 15.6 Å². The van der Waals surface area contributed by atoms with Crippen molar-refractivity contribution in [3.63, 3.8) is 0 Å². The normalized spacial score (nSPS) is 16.7. The molecule has 0 radical (unpaired) electrons. The second-order valence-corrected chi connectivity index (χ2v) is 6.07. The van der Waals surface area contributed by atoms with Gasteiger partial charge >= 0.3 is 0 Å². The minimum absolute atomic E-state index is 0.0706. The number of hydrogen-bond acceptors (Lipinski definition) is 5. The van der Waals surface area contributed by atoms with Gasteiger partial charge in [-0.2, -0.15) is 0 Å². The Morgan fingerprint density at radius 2 is 1.96 bits per heavy atom. The Morgan fingerprint density at radius 1 is 1.23 bits per heavy atom. The molecule has 1 atom stereocenters. The lowest BCUT2D eigenvalue weighted by atomic mass is 10.1. The Labute approximate surface area is 152 Å². The molecule has 1 aliphatic rings. The molecule has 1 unspecified atom stereocenters. The Morgan fingerprint density at radius 3 is 2.62 bits per heavy atom. The van der Waals surface area contributed by atoms with Crippen molar-refractivity contribution in [1.29, 1.82) is 0 Å². The van der Waals surface area contributed by atoms with Gasteiger partial charge in [0.1, 0.15) is 6.04 Å². The van der Waals surface area contributed by atoms with Crippen molar-refractivity contribution in [2.75, 3.05) is 31.7 Å². The summed E-state index contributed by atoms with van der Waals surface area (Å²) >= 11 is 0. The first kappa shape index (κ1) is 18.0. The number of anilines is 1. The zero-order valence-corrected chi connectivity index (χ0v) is 14.6. The van der Waals surface area contributed by atoms with Crippen molar-refractivity contribution >= 4 is 17.5 Å². The Kier molecular flexibility index (Phi) is 5.93. The van der Waals surface area contributed by atoms with E-state index in [4.69, 9.17) is 4.74 Å². The molecule has 2 aromatic rings. The Bertz CT molecular complexity index is 743. The van der Waals surface area contributed by atoms with Gasteiger partial charge < -0.3 is 20.3 Å². The summed E-state index contributed by atoms with van der Waals surface area (Å²) in [5, 5.41) is 6.02. The first-order valence-electron chi connectivity index (χ1n) is 8.51. The average Bonchev–Trinajstić information content (AvgIpc) is 2.72. The molecular formula is C19H22N4O3. The molecule has 1 aliphatic heterocycles. The van der Waals surface area contributed by atoms with Gasteiger partial charge in [-0.3, -0.25) is 14.6 Å². The highest BCUT2D eigenvalue weighted by atomic mass is 16.5. The first-order chi connectivity index (χ1) is 12.6. The van der Waals surface area contributed by atoms with Gasteiger partial charge in [0.2, 0.25) is 5.91 Å². The zero-order valence-electron chi connectivity index (χ0n) is 14.6. The number of aromatic nitrogens is 1. The number of benzene rings is 1. The van der Waals surface area contributed by atoms with E-state index in [1.54, 1.807) is 36.5 Å². The summed E-state index contributed by atoms with van der Waals surface area (Å²) in [6.45, 7) is 2.15. The van der Waals surface area contributed by atoms with E-state index >= 15 is 0 Å². The minimum Gasteiger partial charge on any atom is -0.378 e. The van der Waals surface area contributed by atoms with Gasteiger partial charge in [-0.25, -0.2) is 0 Å². The van der Waals surface area contributed by atoms with Crippen molar-refractivity contribution in [1.82, 2.24) is 15.6 Å². The van der Waals surface area contributed by atoms with Crippen LogP contribution in [0.4, 0.5) is 5.69 Å². The monoisotopic (exact) mass is 354 g/mol. The van der Waals surface area contributed by atoms with Crippen LogP contribution >= 0.6 is 0 Å². The molecule has 26 heavy (non-hydrogen) atoms. The number of nitrogens with one attached hydrogen (secondary N) is 2. The predicted molar refractivity (Wildman–Crippen MR) is 97.9 cm³/mol. The zero-order chi connectivity index (χ0) is 18.4. The highest BCUT2D eigenvalue weighted by Crippen LogP contribution is 2.16. The van der Waals surface area contributed by atoms with E-state index in [9.17, 15) is 9.59 Å². The lowest BCUT2D eigenvalue weighted by Crippen LogP contribution is -2.51. The summed E-state index contributed by atoms with van der Waals surface area (Å²) in [6.07, 6.45) is 3.19. The maximum atomic E-state index is 12.4. The molecule has 1 saturated heterocycles. The molecule has 1 fully saturated rings. The smallest absolute Gasteiger partial charge is 0.258 e. The van der Waals surface area contributed by atoms with Gasteiger partial charge in [0.15, 0.2) is 0 Å². The van der Waals surface area contributed by atoms with E-state index in [-0.39, 0.29) is 17.9 Å². The molecule has 1 aromatic carbocycles. The van der Waals surface area contributed by atoms with Crippen LogP contribution in [0.2, 0.25) is 0 Å². The molecule has 2 heterocycles. The number of morpholine rings is 1. The third-order valence-electron chi connectivity index (χ3n) is 4.26. The van der Waals surface area contributed by atoms with Crippen LogP contribution in [-0.2, 0) is 16.1 Å². The Balaban J connectivity index is 1.56. The summed E-state index contributed by atoms with van der Waals surface area (Å²) in [7, 11) is 1.73. The highest BCUT2D eigenvalue weighted by Gasteiger charge is 2.20. The summed E-state index contributed by atoms with van der Waals surface area (Å²) in [5.41, 5.74) is 2.33. The SMILES string of the molecule is CN(C(=O)c1ccncc1)c1ccc(CNC(=O)C2COCCN2)cc1. The lowest BCUT2D eigenvalue weighted by Gasteiger charge is -2.23. The van der Waals surface area contributed by atoms with Gasteiger partial charge in [0.05, 0.1) is 13.2 Å². The molecule has 0 spiro atoms. The van der Waals surface area contributed by atoms with Crippen LogP contribution in [0.15, 0.2) is 48.8 Å². The highest BCUT2D eigenvalue weighted by molar-refractivity contribution is 6.05. The summed E-state index contributed by atoms with van der Waals surface area (Å²) in [4.78, 5) is 30.0. The number of ether oxygens (including phenoxy) is 1. The lowest BCUT2D eigenvalue weighted by molar-refractivity contribution is -0.126. The molecule has 0 bridgehead atoms. The van der Waals surface area contributed by atoms with E-state index < -0.39 is 0 Å². The molecule has 0 saturated carbocycles. The maximum Gasteiger partial charge on any atom is 0.258 e. The fourth-order valence-corrected chi connectivity index (χ4v) is 2.69. The number of carbonyl (C=O) groups excluding carboxylic acids is 2. The third-order valence-corrected chi connectivity index (χ3v) is 4.26. The topological polar surface area (TPSA) is 83.6 Å². The molecular weight excluding hydrogens is 332 g/mol. The second kappa shape index (κ2) is 8.55. The van der Waals surface area contributed by atoms with Crippen LogP contribution in [0.5, 0.6) is 0 Å². The number of carbonyl (C=O) groups is 2. The second-order valence-electron chi connectivity index (χ2n) is 6.07. The number of amides is 2. The molecule has 0 aliphatic carbocycles. The first-order valence-corrected chi connectivity index (χ1v) is 8.51. The van der Waals surface area contributed by atoms with E-state index in [0.29, 0.717) is 31.9 Å². The van der Waals surface area contributed by atoms with Crippen LogP contribution in [-0.4, -0.2) is 49.6 Å². The van der Waals surface area contributed by atoms with Crippen LogP contribution < -0.4 is 15.5 Å². The number of hydrogen-bond donors (Lipinski definition) is 2. The standard InChI is InChI=1S/C19H22N4O3/c1-23(19(25)15-6-8-20-9-7-15)16-4-2-14(3-5-16)12-22-18(24)17-13-26-11-10-21-17/h2-9,17,21H,10-13H2,1H3,(H,22,24). The van der Waals surface area contributed by atoms with Crippen molar-refractivity contribution < 1.29 is 14.3 Å². The van der Waals surface area contributed by atoms with Gasteiger partial charge in [0.25, 0.3) is 5.91 Å². The molecule has 7 nitrogen and oxygen atoms in total. The maximum absolute atomic E-state index is 12.4. The van der Waals surface area contributed by atoms with Gasteiger partial charge in [-0.05, 0) is 29.8 Å². The molecule has 1 aromatic heterocycles. The van der Waals surface area contributed by atoms with Gasteiger partial charge in [0, 0.05) is 43.8 Å². The fraction of sp³-hybridized carbons (Fsp3) is 0.316. The Hall–Kier alpha value is -2.77. The molecule has 2 N–H and O–H groups in total. The minimum atomic E-state index is -0.299. The van der Waals surface area contributed by atoms with Crippen LogP contribution in [0.1, 0.15) is 15.9 Å². The van der Waals surface area contributed by atoms with Crippen LogP contribution in [0.25, 0.3) is 0 Å². The van der Waals surface area contributed by atoms with Crippen molar-refractivity contribution in [2.45, 2.75) is 12.6 Å². The summed E-state index contributed by atoms with van der Waals surface area (Å²) < 4.78 is 5.29.